The molecule has 0 spiro atoms. The number of hydrogen-bond acceptors (Lipinski definition) is 11. The molecule has 9 N–H and O–H groups in total. The fourth-order valence-electron chi connectivity index (χ4n) is 7.78. The van der Waals surface area contributed by atoms with E-state index in [0.717, 1.165) is 47.8 Å². The monoisotopic (exact) mass is 798 g/mol. The number of unbranched alkanes of at least 4 members (excludes halogenated alkanes) is 1. The van der Waals surface area contributed by atoms with Crippen molar-refractivity contribution >= 4 is 51.6 Å². The molecule has 2 aromatic carbocycles. The van der Waals surface area contributed by atoms with Crippen LogP contribution in [0.4, 0.5) is 0 Å². The van der Waals surface area contributed by atoms with Gasteiger partial charge in [0.2, 0.25) is 17.7 Å². The van der Waals surface area contributed by atoms with E-state index in [1.807, 2.05) is 42.5 Å². The lowest BCUT2D eigenvalue weighted by Gasteiger charge is -2.40. The summed E-state index contributed by atoms with van der Waals surface area (Å²) in [6.45, 7) is 1.86. The van der Waals surface area contributed by atoms with Crippen molar-refractivity contribution in [1.29, 1.82) is 0 Å². The largest absolute Gasteiger partial charge is 0.390 e. The van der Waals surface area contributed by atoms with Gasteiger partial charge in [0.25, 0.3) is 11.8 Å². The van der Waals surface area contributed by atoms with Crippen molar-refractivity contribution in [3.05, 3.63) is 94.7 Å². The minimum atomic E-state index is -1.57. The van der Waals surface area contributed by atoms with Gasteiger partial charge in [0, 0.05) is 17.8 Å². The van der Waals surface area contributed by atoms with Gasteiger partial charge in [0.05, 0.1) is 47.3 Å². The lowest BCUT2D eigenvalue weighted by atomic mass is 9.81. The Hall–Kier alpha value is -5.09. The molecule has 15 heteroatoms. The third kappa shape index (κ3) is 11.3. The van der Waals surface area contributed by atoms with E-state index in [-0.39, 0.29) is 24.3 Å². The summed E-state index contributed by atoms with van der Waals surface area (Å²) in [7, 11) is 0. The molecule has 5 amide bonds. The number of aliphatic hydroxyl groups is 1. The molecule has 0 bridgehead atoms. The SMILES string of the molecule is C[C@H](N)C(=O)N(C(=O)C(NC(=O)c1cccnc1)C(c1cscn1)c1cccc2ccccc12)[C@@H](CC1CCCCC1)[C@@H](O)CC(=O)N[C@@H](CCCCN)C(N)=O. The number of benzene rings is 2. The number of amides is 5. The van der Waals surface area contributed by atoms with Gasteiger partial charge in [-0.2, -0.15) is 0 Å². The average molecular weight is 799 g/mol. The van der Waals surface area contributed by atoms with Crippen LogP contribution < -0.4 is 27.8 Å². The molecule has 2 heterocycles. The van der Waals surface area contributed by atoms with Gasteiger partial charge in [-0.3, -0.25) is 33.9 Å². The minimum absolute atomic E-state index is 0.0168. The summed E-state index contributed by atoms with van der Waals surface area (Å²) in [5.41, 5.74) is 20.5. The van der Waals surface area contributed by atoms with E-state index >= 15 is 4.79 Å². The minimum Gasteiger partial charge on any atom is -0.390 e. The quantitative estimate of drug-likeness (QED) is 0.0755. The van der Waals surface area contributed by atoms with Crippen molar-refractivity contribution in [3.8, 4) is 0 Å². The number of nitrogens with zero attached hydrogens (tertiary/aromatic N) is 3. The molecule has 1 saturated carbocycles. The lowest BCUT2D eigenvalue weighted by molar-refractivity contribution is -0.154. The third-order valence-electron chi connectivity index (χ3n) is 10.7. The number of primary amides is 1. The predicted octanol–water partition coefficient (Wildman–Crippen LogP) is 3.51. The number of hydrogen-bond donors (Lipinski definition) is 6. The summed E-state index contributed by atoms with van der Waals surface area (Å²) in [6.07, 6.45) is 6.91. The van der Waals surface area contributed by atoms with Crippen LogP contribution >= 0.6 is 11.3 Å². The number of imide groups is 1. The molecule has 1 aliphatic rings. The highest BCUT2D eigenvalue weighted by molar-refractivity contribution is 7.07. The van der Waals surface area contributed by atoms with Crippen LogP contribution in [0.1, 0.15) is 98.7 Å². The van der Waals surface area contributed by atoms with Gasteiger partial charge in [-0.25, -0.2) is 4.98 Å². The smallest absolute Gasteiger partial charge is 0.253 e. The van der Waals surface area contributed by atoms with Crippen LogP contribution in [-0.2, 0) is 19.2 Å². The first-order valence-electron chi connectivity index (χ1n) is 19.7. The molecular formula is C42H54N8O6S. The number of fused-ring (bicyclic) bond motifs is 1. The number of thiazole rings is 1. The van der Waals surface area contributed by atoms with Crippen LogP contribution in [0.2, 0.25) is 0 Å². The van der Waals surface area contributed by atoms with Crippen molar-refractivity contribution in [2.45, 2.75) is 107 Å². The van der Waals surface area contributed by atoms with Gasteiger partial charge >= 0.3 is 0 Å². The molecule has 57 heavy (non-hydrogen) atoms. The summed E-state index contributed by atoms with van der Waals surface area (Å²) in [5.74, 6) is -4.53. The number of nitrogens with one attached hydrogen (secondary N) is 2. The second-order valence-electron chi connectivity index (χ2n) is 14.9. The first kappa shape index (κ1) is 43.0. The molecule has 2 aromatic heterocycles. The maximum atomic E-state index is 15.6. The average Bonchev–Trinajstić information content (AvgIpc) is 3.75. The number of aliphatic hydroxyl groups excluding tert-OH is 1. The van der Waals surface area contributed by atoms with Crippen LogP contribution in [0.5, 0.6) is 0 Å². The van der Waals surface area contributed by atoms with Gasteiger partial charge in [-0.05, 0) is 73.5 Å². The fourth-order valence-corrected chi connectivity index (χ4v) is 8.37. The first-order chi connectivity index (χ1) is 27.5. The number of carbonyl (C=O) groups is 5. The predicted molar refractivity (Wildman–Crippen MR) is 219 cm³/mol. The summed E-state index contributed by atoms with van der Waals surface area (Å²) in [5, 5.41) is 21.1. The molecule has 1 aliphatic carbocycles. The number of pyridine rings is 1. The summed E-state index contributed by atoms with van der Waals surface area (Å²) in [6, 6.07) is 11.6. The van der Waals surface area contributed by atoms with E-state index in [9.17, 15) is 24.3 Å². The number of carbonyl (C=O) groups excluding carboxylic acids is 5. The zero-order valence-corrected chi connectivity index (χ0v) is 33.1. The standard InChI is InChI=1S/C42H54N8O6S/c1-26(44)41(55)50(34(21-27-11-3-2-4-12-27)35(51)22-36(52)48-32(39(45)53)18-7-8-19-43)42(56)38(49-40(54)29-15-10-20-46-23-29)37(33-24-57-25-47-33)31-17-9-14-28-13-5-6-16-30(28)31/h5-6,9-10,13-17,20,23-27,32,34-35,37-38,51H,2-4,7-8,11-12,18-19,21-22,43-44H2,1H3,(H2,45,53)(H,48,52)(H,49,54)/t26-,32-,34-,35-,37?,38?/m0/s1. The van der Waals surface area contributed by atoms with Crippen LogP contribution in [0.25, 0.3) is 10.8 Å². The molecule has 5 rings (SSSR count). The van der Waals surface area contributed by atoms with E-state index in [4.69, 9.17) is 17.2 Å². The molecule has 2 unspecified atom stereocenters. The second kappa shape index (κ2) is 20.9. The molecule has 0 radical (unpaired) electrons. The number of aromatic nitrogens is 2. The Morgan fingerprint density at radius 3 is 2.39 bits per heavy atom. The van der Waals surface area contributed by atoms with Gasteiger partial charge in [-0.15, -0.1) is 11.3 Å². The van der Waals surface area contributed by atoms with E-state index in [2.05, 4.69) is 20.6 Å². The molecular weight excluding hydrogens is 745 g/mol. The van der Waals surface area contributed by atoms with Gasteiger partial charge in [0.1, 0.15) is 12.1 Å². The van der Waals surface area contributed by atoms with Crippen molar-refractivity contribution in [1.82, 2.24) is 25.5 Å². The van der Waals surface area contributed by atoms with Crippen molar-refractivity contribution in [2.75, 3.05) is 6.54 Å². The maximum absolute atomic E-state index is 15.6. The Kier molecular flexibility index (Phi) is 15.8. The highest BCUT2D eigenvalue weighted by Crippen LogP contribution is 2.36. The van der Waals surface area contributed by atoms with Crippen molar-refractivity contribution < 1.29 is 29.1 Å². The molecule has 6 atom stereocenters. The van der Waals surface area contributed by atoms with Crippen LogP contribution in [0.15, 0.2) is 77.9 Å². The Balaban J connectivity index is 1.62. The first-order valence-corrected chi connectivity index (χ1v) is 20.6. The Bertz CT molecular complexity index is 1950. The Morgan fingerprint density at radius 2 is 1.72 bits per heavy atom. The Morgan fingerprint density at radius 1 is 0.965 bits per heavy atom. The molecule has 304 valence electrons. The van der Waals surface area contributed by atoms with Crippen LogP contribution in [-0.4, -0.2) is 86.3 Å². The van der Waals surface area contributed by atoms with E-state index in [1.54, 1.807) is 23.0 Å². The molecule has 4 aromatic rings. The van der Waals surface area contributed by atoms with Gasteiger partial charge < -0.3 is 32.9 Å². The van der Waals surface area contributed by atoms with Gasteiger partial charge in [0.15, 0.2) is 0 Å². The highest BCUT2D eigenvalue weighted by Gasteiger charge is 2.45. The summed E-state index contributed by atoms with van der Waals surface area (Å²) < 4.78 is 0. The molecule has 1 fully saturated rings. The lowest BCUT2D eigenvalue weighted by Crippen LogP contribution is -2.61. The Labute approximate surface area is 337 Å². The zero-order chi connectivity index (χ0) is 40.9. The van der Waals surface area contributed by atoms with E-state index in [1.165, 1.54) is 30.7 Å². The maximum Gasteiger partial charge on any atom is 0.253 e. The van der Waals surface area contributed by atoms with Gasteiger partial charge in [-0.1, -0.05) is 74.6 Å². The van der Waals surface area contributed by atoms with Crippen LogP contribution in [0.3, 0.4) is 0 Å². The number of rotatable bonds is 19. The number of nitrogens with two attached hydrogens (primary N) is 3. The van der Waals surface area contributed by atoms with Crippen molar-refractivity contribution in [3.63, 3.8) is 0 Å². The second-order valence-corrected chi connectivity index (χ2v) is 15.6. The molecule has 0 saturated heterocycles. The van der Waals surface area contributed by atoms with Crippen LogP contribution in [0, 0.1) is 5.92 Å². The summed E-state index contributed by atoms with van der Waals surface area (Å²) in [4.78, 5) is 79.6. The third-order valence-corrected chi connectivity index (χ3v) is 11.3. The fraction of sp³-hybridized carbons (Fsp3) is 0.452. The normalized spacial score (nSPS) is 16.4. The summed E-state index contributed by atoms with van der Waals surface area (Å²) >= 11 is 1.32. The van der Waals surface area contributed by atoms with E-state index in [0.29, 0.717) is 30.6 Å². The topological polar surface area (TPSA) is 237 Å². The zero-order valence-electron chi connectivity index (χ0n) is 32.3. The molecule has 14 nitrogen and oxygen atoms in total. The van der Waals surface area contributed by atoms with E-state index < -0.39 is 72.1 Å². The highest BCUT2D eigenvalue weighted by atomic mass is 32.1. The molecule has 0 aliphatic heterocycles. The van der Waals surface area contributed by atoms with Crippen molar-refractivity contribution in [2.24, 2.45) is 23.1 Å².